The average molecular weight is 321 g/mol. The second-order valence-corrected chi connectivity index (χ2v) is 5.79. The molecule has 116 valence electrons. The van der Waals surface area contributed by atoms with Crippen molar-refractivity contribution in [2.75, 3.05) is 11.5 Å². The Balaban J connectivity index is 1.94. The molecular formula is C13H14F3NO3S. The van der Waals surface area contributed by atoms with Crippen molar-refractivity contribution in [3.05, 3.63) is 23.8 Å². The fraction of sp³-hybridized carbons (Fsp3) is 0.462. The summed E-state index contributed by atoms with van der Waals surface area (Å²) in [5, 5.41) is 8.81. The molecule has 0 radical (unpaired) electrons. The zero-order chi connectivity index (χ0) is 15.6. The maximum absolute atomic E-state index is 12.5. The highest BCUT2D eigenvalue weighted by Crippen LogP contribution is 2.35. The van der Waals surface area contributed by atoms with Crippen LogP contribution in [0.3, 0.4) is 0 Å². The van der Waals surface area contributed by atoms with Crippen molar-refractivity contribution in [3.63, 3.8) is 0 Å². The molecule has 1 fully saturated rings. The lowest BCUT2D eigenvalue weighted by atomic mass is 10.2. The predicted octanol–water partition coefficient (Wildman–Crippen LogP) is 3.01. The standard InChI is InChI=1S/C13H14F3NO3S/c14-13(15,16)7-1-4-11(9(17)5-7)21-6-8-2-3-10(20-8)12(18)19/h1,4-5,8,10H,2-3,6,17H2,(H,18,19). The first-order chi connectivity index (χ1) is 9.77. The lowest BCUT2D eigenvalue weighted by molar-refractivity contribution is -0.148. The molecule has 0 amide bonds. The number of nitrogen functional groups attached to an aromatic ring is 1. The number of carboxylic acids is 1. The summed E-state index contributed by atoms with van der Waals surface area (Å²) in [5.74, 6) is -0.532. The van der Waals surface area contributed by atoms with E-state index in [9.17, 15) is 18.0 Å². The molecule has 1 heterocycles. The van der Waals surface area contributed by atoms with Gasteiger partial charge in [-0.3, -0.25) is 0 Å². The average Bonchev–Trinajstić information content (AvgIpc) is 2.85. The van der Waals surface area contributed by atoms with Crippen LogP contribution in [0, 0.1) is 0 Å². The molecule has 3 N–H and O–H groups in total. The fourth-order valence-electron chi connectivity index (χ4n) is 2.05. The normalized spacial score (nSPS) is 22.4. The smallest absolute Gasteiger partial charge is 0.416 e. The third-order valence-electron chi connectivity index (χ3n) is 3.14. The highest BCUT2D eigenvalue weighted by molar-refractivity contribution is 7.99. The second kappa shape index (κ2) is 6.15. The van der Waals surface area contributed by atoms with E-state index >= 15 is 0 Å². The van der Waals surface area contributed by atoms with Crippen molar-refractivity contribution in [3.8, 4) is 0 Å². The Morgan fingerprint density at radius 3 is 2.67 bits per heavy atom. The number of ether oxygens (including phenoxy) is 1. The molecule has 2 atom stereocenters. The number of carboxylic acid groups (broad SMARTS) is 1. The number of anilines is 1. The largest absolute Gasteiger partial charge is 0.479 e. The van der Waals surface area contributed by atoms with Crippen LogP contribution in [-0.4, -0.2) is 29.0 Å². The van der Waals surface area contributed by atoms with Crippen LogP contribution in [0.5, 0.6) is 0 Å². The summed E-state index contributed by atoms with van der Waals surface area (Å²) >= 11 is 1.27. The summed E-state index contributed by atoms with van der Waals surface area (Å²) in [5.41, 5.74) is 4.90. The molecule has 0 aromatic heterocycles. The van der Waals surface area contributed by atoms with E-state index in [1.165, 1.54) is 17.8 Å². The van der Waals surface area contributed by atoms with Crippen LogP contribution in [0.1, 0.15) is 18.4 Å². The highest BCUT2D eigenvalue weighted by Gasteiger charge is 2.32. The third-order valence-corrected chi connectivity index (χ3v) is 4.37. The van der Waals surface area contributed by atoms with Crippen LogP contribution >= 0.6 is 11.8 Å². The molecule has 0 spiro atoms. The molecule has 4 nitrogen and oxygen atoms in total. The van der Waals surface area contributed by atoms with Gasteiger partial charge in [0.2, 0.25) is 0 Å². The quantitative estimate of drug-likeness (QED) is 0.659. The summed E-state index contributed by atoms with van der Waals surface area (Å²) in [4.78, 5) is 11.3. The first-order valence-electron chi connectivity index (χ1n) is 6.25. The lowest BCUT2D eigenvalue weighted by Crippen LogP contribution is -2.21. The second-order valence-electron chi connectivity index (χ2n) is 4.72. The number of hydrogen-bond donors (Lipinski definition) is 2. The summed E-state index contributed by atoms with van der Waals surface area (Å²) in [6.45, 7) is 0. The van der Waals surface area contributed by atoms with E-state index in [-0.39, 0.29) is 11.8 Å². The minimum atomic E-state index is -4.42. The number of aliphatic carboxylic acids is 1. The molecule has 1 aliphatic rings. The SMILES string of the molecule is Nc1cc(C(F)(F)F)ccc1SCC1CCC(C(=O)O)O1. The van der Waals surface area contributed by atoms with E-state index in [1.54, 1.807) is 0 Å². The number of alkyl halides is 3. The van der Waals surface area contributed by atoms with Crippen LogP contribution in [0.15, 0.2) is 23.1 Å². The Hall–Kier alpha value is -1.41. The molecular weight excluding hydrogens is 307 g/mol. The van der Waals surface area contributed by atoms with E-state index < -0.39 is 23.8 Å². The number of carbonyl (C=O) groups is 1. The van der Waals surface area contributed by atoms with Crippen molar-refractivity contribution >= 4 is 23.4 Å². The van der Waals surface area contributed by atoms with Gasteiger partial charge in [0.05, 0.1) is 11.7 Å². The summed E-state index contributed by atoms with van der Waals surface area (Å²) in [7, 11) is 0. The monoisotopic (exact) mass is 321 g/mol. The van der Waals surface area contributed by atoms with Gasteiger partial charge in [0.25, 0.3) is 0 Å². The van der Waals surface area contributed by atoms with E-state index in [0.717, 1.165) is 12.1 Å². The summed E-state index contributed by atoms with van der Waals surface area (Å²) in [6, 6.07) is 3.21. The molecule has 2 unspecified atom stereocenters. The van der Waals surface area contributed by atoms with Gasteiger partial charge in [-0.15, -0.1) is 11.8 Å². The van der Waals surface area contributed by atoms with Crippen molar-refractivity contribution in [1.29, 1.82) is 0 Å². The molecule has 21 heavy (non-hydrogen) atoms. The van der Waals surface area contributed by atoms with Gasteiger partial charge in [0.1, 0.15) is 0 Å². The van der Waals surface area contributed by atoms with Gasteiger partial charge in [-0.25, -0.2) is 4.79 Å². The van der Waals surface area contributed by atoms with Gasteiger partial charge in [-0.05, 0) is 31.0 Å². The highest BCUT2D eigenvalue weighted by atomic mass is 32.2. The van der Waals surface area contributed by atoms with Crippen LogP contribution in [-0.2, 0) is 15.7 Å². The third kappa shape index (κ3) is 4.04. The molecule has 1 aromatic rings. The van der Waals surface area contributed by atoms with Crippen molar-refractivity contribution in [1.82, 2.24) is 0 Å². The van der Waals surface area contributed by atoms with Gasteiger partial charge < -0.3 is 15.6 Å². The van der Waals surface area contributed by atoms with E-state index in [4.69, 9.17) is 15.6 Å². The Morgan fingerprint density at radius 2 is 2.14 bits per heavy atom. The summed E-state index contributed by atoms with van der Waals surface area (Å²) in [6.07, 6.45) is -4.37. The number of halogens is 3. The van der Waals surface area contributed by atoms with Crippen molar-refractivity contribution in [2.24, 2.45) is 0 Å². The van der Waals surface area contributed by atoms with Gasteiger partial charge in [-0.1, -0.05) is 0 Å². The van der Waals surface area contributed by atoms with E-state index in [2.05, 4.69) is 0 Å². The molecule has 8 heteroatoms. The number of rotatable bonds is 4. The molecule has 0 bridgehead atoms. The Morgan fingerprint density at radius 1 is 1.43 bits per heavy atom. The number of benzene rings is 1. The first kappa shape index (κ1) is 16.0. The molecule has 0 aliphatic carbocycles. The number of hydrogen-bond acceptors (Lipinski definition) is 4. The van der Waals surface area contributed by atoms with Gasteiger partial charge in [-0.2, -0.15) is 13.2 Å². The summed E-state index contributed by atoms with van der Waals surface area (Å²) < 4.78 is 42.9. The van der Waals surface area contributed by atoms with Crippen LogP contribution < -0.4 is 5.73 Å². The van der Waals surface area contributed by atoms with E-state index in [1.807, 2.05) is 0 Å². The lowest BCUT2D eigenvalue weighted by Gasteiger charge is -2.13. The van der Waals surface area contributed by atoms with Gasteiger partial charge >= 0.3 is 12.1 Å². The van der Waals surface area contributed by atoms with Crippen LogP contribution in [0.2, 0.25) is 0 Å². The zero-order valence-corrected chi connectivity index (χ0v) is 11.7. The van der Waals surface area contributed by atoms with E-state index in [0.29, 0.717) is 23.5 Å². The number of thioether (sulfide) groups is 1. The maximum atomic E-state index is 12.5. The van der Waals surface area contributed by atoms with Crippen LogP contribution in [0.4, 0.5) is 18.9 Å². The molecule has 1 aromatic carbocycles. The van der Waals surface area contributed by atoms with Crippen molar-refractivity contribution < 1.29 is 27.8 Å². The Kier molecular flexibility index (Phi) is 4.67. The minimum Gasteiger partial charge on any atom is -0.479 e. The Bertz CT molecular complexity index is 536. The first-order valence-corrected chi connectivity index (χ1v) is 7.23. The fourth-order valence-corrected chi connectivity index (χ4v) is 3.05. The van der Waals surface area contributed by atoms with Gasteiger partial charge in [0, 0.05) is 16.3 Å². The maximum Gasteiger partial charge on any atom is 0.416 e. The molecule has 2 rings (SSSR count). The molecule has 1 saturated heterocycles. The topological polar surface area (TPSA) is 72.6 Å². The van der Waals surface area contributed by atoms with Crippen molar-refractivity contribution in [2.45, 2.75) is 36.1 Å². The van der Waals surface area contributed by atoms with Crippen LogP contribution in [0.25, 0.3) is 0 Å². The number of nitrogens with two attached hydrogens (primary N) is 1. The molecule has 1 aliphatic heterocycles. The zero-order valence-electron chi connectivity index (χ0n) is 10.9. The Labute approximate surface area is 123 Å². The molecule has 0 saturated carbocycles. The van der Waals surface area contributed by atoms with Gasteiger partial charge in [0.15, 0.2) is 6.10 Å². The predicted molar refractivity (Wildman–Crippen MR) is 72.1 cm³/mol. The minimum absolute atomic E-state index is 0.0580.